The molecule has 2 rings (SSSR count). The predicted molar refractivity (Wildman–Crippen MR) is 77.7 cm³/mol. The van der Waals surface area contributed by atoms with E-state index in [4.69, 9.17) is 16.0 Å². The molecule has 1 atom stereocenters. The number of hydrogen-bond acceptors (Lipinski definition) is 2. The summed E-state index contributed by atoms with van der Waals surface area (Å²) in [4.78, 5) is 12.2. The van der Waals surface area contributed by atoms with Crippen molar-refractivity contribution >= 4 is 28.5 Å². The minimum atomic E-state index is -0.189. The van der Waals surface area contributed by atoms with Gasteiger partial charge in [0.15, 0.2) is 11.3 Å². The largest absolute Gasteiger partial charge is 0.449 e. The van der Waals surface area contributed by atoms with Crippen LogP contribution >= 0.6 is 11.6 Å². The number of hydrogen-bond donors (Lipinski definition) is 1. The van der Waals surface area contributed by atoms with Crippen LogP contribution in [0.5, 0.6) is 0 Å². The highest BCUT2D eigenvalue weighted by Crippen LogP contribution is 2.30. The van der Waals surface area contributed by atoms with Crippen LogP contribution in [0.15, 0.2) is 22.6 Å². The number of amides is 1. The molecule has 0 aliphatic carbocycles. The van der Waals surface area contributed by atoms with Crippen molar-refractivity contribution in [2.45, 2.75) is 33.7 Å². The van der Waals surface area contributed by atoms with Crippen LogP contribution < -0.4 is 5.32 Å². The van der Waals surface area contributed by atoms with E-state index in [9.17, 15) is 4.79 Å². The molecule has 1 aromatic heterocycles. The zero-order valence-corrected chi connectivity index (χ0v) is 12.3. The van der Waals surface area contributed by atoms with Gasteiger partial charge in [0.2, 0.25) is 0 Å². The van der Waals surface area contributed by atoms with Gasteiger partial charge in [0.1, 0.15) is 0 Å². The monoisotopic (exact) mass is 279 g/mol. The van der Waals surface area contributed by atoms with Gasteiger partial charge in [-0.15, -0.1) is 0 Å². The van der Waals surface area contributed by atoms with Crippen LogP contribution in [0.2, 0.25) is 5.02 Å². The van der Waals surface area contributed by atoms with E-state index in [2.05, 4.69) is 19.2 Å². The number of rotatable bonds is 3. The second kappa shape index (κ2) is 5.25. The molecule has 19 heavy (non-hydrogen) atoms. The lowest BCUT2D eigenvalue weighted by Gasteiger charge is -2.16. The van der Waals surface area contributed by atoms with E-state index in [0.29, 0.717) is 22.3 Å². The molecule has 0 aliphatic rings. The average molecular weight is 280 g/mol. The minimum absolute atomic E-state index is 0.0931. The molecule has 0 saturated carbocycles. The first-order chi connectivity index (χ1) is 8.91. The normalized spacial score (nSPS) is 12.9. The summed E-state index contributed by atoms with van der Waals surface area (Å²) in [6.07, 6.45) is 0. The van der Waals surface area contributed by atoms with Crippen molar-refractivity contribution < 1.29 is 9.21 Å². The lowest BCUT2D eigenvalue weighted by molar-refractivity contribution is 0.0903. The Morgan fingerprint density at radius 2 is 2.00 bits per heavy atom. The van der Waals surface area contributed by atoms with Gasteiger partial charge in [-0.2, -0.15) is 0 Å². The first-order valence-electron chi connectivity index (χ1n) is 6.40. The molecular formula is C15H18ClNO2. The van der Waals surface area contributed by atoms with Crippen LogP contribution in [-0.2, 0) is 0 Å². The van der Waals surface area contributed by atoms with Crippen LogP contribution in [0.1, 0.15) is 36.9 Å². The smallest absolute Gasteiger partial charge is 0.287 e. The second-order valence-corrected chi connectivity index (χ2v) is 5.59. The molecule has 0 saturated heterocycles. The van der Waals surface area contributed by atoms with Gasteiger partial charge in [0.25, 0.3) is 5.91 Å². The number of carbonyl (C=O) groups excluding carboxylic acids is 1. The molecule has 102 valence electrons. The number of aryl methyl sites for hydroxylation is 1. The van der Waals surface area contributed by atoms with Gasteiger partial charge in [0, 0.05) is 17.0 Å². The summed E-state index contributed by atoms with van der Waals surface area (Å²) in [5, 5.41) is 4.35. The van der Waals surface area contributed by atoms with E-state index < -0.39 is 0 Å². The number of carbonyl (C=O) groups is 1. The zero-order chi connectivity index (χ0) is 14.2. The van der Waals surface area contributed by atoms with Crippen LogP contribution in [-0.4, -0.2) is 11.9 Å². The quantitative estimate of drug-likeness (QED) is 0.916. The summed E-state index contributed by atoms with van der Waals surface area (Å²) in [5.74, 6) is 0.527. The van der Waals surface area contributed by atoms with Gasteiger partial charge in [0.05, 0.1) is 5.02 Å². The molecule has 1 amide bonds. The summed E-state index contributed by atoms with van der Waals surface area (Å²) in [6.45, 7) is 7.98. The van der Waals surface area contributed by atoms with Crippen molar-refractivity contribution in [2.24, 2.45) is 5.92 Å². The van der Waals surface area contributed by atoms with E-state index in [-0.39, 0.29) is 11.9 Å². The summed E-state index contributed by atoms with van der Waals surface area (Å²) >= 11 is 6.08. The third-order valence-corrected chi connectivity index (χ3v) is 3.78. The highest BCUT2D eigenvalue weighted by atomic mass is 35.5. The molecule has 1 aromatic carbocycles. The third kappa shape index (κ3) is 2.61. The van der Waals surface area contributed by atoms with Crippen molar-refractivity contribution in [3.05, 3.63) is 34.5 Å². The standard InChI is InChI=1S/C15H18ClNO2/c1-8(2)10(4)17-15(18)13-9(3)11-6-5-7-12(16)14(11)19-13/h5-8,10H,1-4H3,(H,17,18). The number of halogens is 1. The van der Waals surface area contributed by atoms with Gasteiger partial charge in [-0.25, -0.2) is 0 Å². The van der Waals surface area contributed by atoms with Gasteiger partial charge in [-0.1, -0.05) is 37.6 Å². The fourth-order valence-electron chi connectivity index (χ4n) is 1.86. The Kier molecular flexibility index (Phi) is 3.85. The van der Waals surface area contributed by atoms with E-state index >= 15 is 0 Å². The molecule has 1 heterocycles. The van der Waals surface area contributed by atoms with Crippen LogP contribution in [0, 0.1) is 12.8 Å². The molecule has 1 unspecified atom stereocenters. The van der Waals surface area contributed by atoms with Gasteiger partial charge >= 0.3 is 0 Å². The second-order valence-electron chi connectivity index (χ2n) is 5.18. The molecule has 0 bridgehead atoms. The van der Waals surface area contributed by atoms with Crippen LogP contribution in [0.4, 0.5) is 0 Å². The summed E-state index contributed by atoms with van der Waals surface area (Å²) in [7, 11) is 0. The Morgan fingerprint density at radius 1 is 1.32 bits per heavy atom. The van der Waals surface area contributed by atoms with Crippen molar-refractivity contribution in [1.29, 1.82) is 0 Å². The maximum atomic E-state index is 12.2. The molecule has 0 aliphatic heterocycles. The van der Waals surface area contributed by atoms with E-state index in [1.54, 1.807) is 6.07 Å². The predicted octanol–water partition coefficient (Wildman–Crippen LogP) is 4.17. The molecule has 2 aromatic rings. The Bertz CT molecular complexity index is 616. The Balaban J connectivity index is 2.38. The molecule has 0 radical (unpaired) electrons. The SMILES string of the molecule is Cc1c(C(=O)NC(C)C(C)C)oc2c(Cl)cccc12. The van der Waals surface area contributed by atoms with E-state index in [0.717, 1.165) is 10.9 Å². The Labute approximate surface area is 117 Å². The molecule has 0 spiro atoms. The van der Waals surface area contributed by atoms with E-state index in [1.807, 2.05) is 26.0 Å². The number of nitrogens with one attached hydrogen (secondary N) is 1. The fraction of sp³-hybridized carbons (Fsp3) is 0.400. The zero-order valence-electron chi connectivity index (χ0n) is 11.6. The summed E-state index contributed by atoms with van der Waals surface area (Å²) < 4.78 is 5.63. The number of furan rings is 1. The summed E-state index contributed by atoms with van der Waals surface area (Å²) in [6, 6.07) is 5.61. The molecule has 1 N–H and O–H groups in total. The van der Waals surface area contributed by atoms with Gasteiger partial charge in [-0.05, 0) is 25.8 Å². The van der Waals surface area contributed by atoms with Crippen molar-refractivity contribution in [1.82, 2.24) is 5.32 Å². The van der Waals surface area contributed by atoms with Crippen molar-refractivity contribution in [3.63, 3.8) is 0 Å². The molecular weight excluding hydrogens is 262 g/mol. The van der Waals surface area contributed by atoms with Gasteiger partial charge < -0.3 is 9.73 Å². The third-order valence-electron chi connectivity index (χ3n) is 3.48. The average Bonchev–Trinajstić information content (AvgIpc) is 2.68. The van der Waals surface area contributed by atoms with Crippen LogP contribution in [0.25, 0.3) is 11.0 Å². The Morgan fingerprint density at radius 3 is 2.58 bits per heavy atom. The maximum Gasteiger partial charge on any atom is 0.287 e. The first-order valence-corrected chi connectivity index (χ1v) is 6.78. The Hall–Kier alpha value is -1.48. The molecule has 0 fully saturated rings. The highest BCUT2D eigenvalue weighted by molar-refractivity contribution is 6.35. The van der Waals surface area contributed by atoms with Gasteiger partial charge in [-0.3, -0.25) is 4.79 Å². The minimum Gasteiger partial charge on any atom is -0.449 e. The first kappa shape index (κ1) is 13.9. The lowest BCUT2D eigenvalue weighted by Crippen LogP contribution is -2.36. The van der Waals surface area contributed by atoms with Crippen molar-refractivity contribution in [3.8, 4) is 0 Å². The van der Waals surface area contributed by atoms with Crippen LogP contribution in [0.3, 0.4) is 0 Å². The van der Waals surface area contributed by atoms with Crippen molar-refractivity contribution in [2.75, 3.05) is 0 Å². The number of para-hydroxylation sites is 1. The lowest BCUT2D eigenvalue weighted by atomic mass is 10.1. The molecule has 4 heteroatoms. The topological polar surface area (TPSA) is 42.2 Å². The number of benzene rings is 1. The summed E-state index contributed by atoms with van der Waals surface area (Å²) in [5.41, 5.74) is 1.40. The van der Waals surface area contributed by atoms with E-state index in [1.165, 1.54) is 0 Å². The maximum absolute atomic E-state index is 12.2. The highest BCUT2D eigenvalue weighted by Gasteiger charge is 2.20. The fourth-order valence-corrected chi connectivity index (χ4v) is 2.08. The molecule has 3 nitrogen and oxygen atoms in total. The number of fused-ring (bicyclic) bond motifs is 1.